The summed E-state index contributed by atoms with van der Waals surface area (Å²) >= 11 is 0. The number of imidazole rings is 1. The van der Waals surface area contributed by atoms with Crippen LogP contribution in [0.5, 0.6) is 0 Å². The number of anilines is 1. The molecule has 0 atom stereocenters. The quantitative estimate of drug-likeness (QED) is 0.707. The predicted octanol–water partition coefficient (Wildman–Crippen LogP) is 3.46. The lowest BCUT2D eigenvalue weighted by Gasteiger charge is -2.04. The molecule has 94 valence electrons. The van der Waals surface area contributed by atoms with Crippen molar-refractivity contribution >= 4 is 11.3 Å². The first-order chi connectivity index (χ1) is 9.31. The number of rotatable bonds is 2. The van der Waals surface area contributed by atoms with Crippen LogP contribution in [-0.2, 0) is 0 Å². The molecule has 3 nitrogen and oxygen atoms in total. The zero-order valence-electron chi connectivity index (χ0n) is 10.6. The number of aromatic nitrogens is 2. The molecule has 1 aliphatic carbocycles. The maximum Gasteiger partial charge on any atom is 0.137 e. The largest absolute Gasteiger partial charge is 0.399 e. The maximum atomic E-state index is 5.85. The summed E-state index contributed by atoms with van der Waals surface area (Å²) < 4.78 is 2.13. The summed E-state index contributed by atoms with van der Waals surface area (Å²) in [7, 11) is 0. The lowest BCUT2D eigenvalue weighted by Crippen LogP contribution is -1.91. The molecule has 1 aliphatic rings. The standard InChI is InChI=1S/C16H15N3/c17-14-3-1-2-13(8-14)15-10-18-16-9-12(11-4-5-11)6-7-19(15)16/h1-3,6-11H,4-5,17H2. The highest BCUT2D eigenvalue weighted by Crippen LogP contribution is 2.40. The number of pyridine rings is 1. The van der Waals surface area contributed by atoms with E-state index in [9.17, 15) is 0 Å². The third-order valence-corrected chi connectivity index (χ3v) is 3.77. The number of fused-ring (bicyclic) bond motifs is 1. The molecule has 0 bridgehead atoms. The summed E-state index contributed by atoms with van der Waals surface area (Å²) in [5.41, 5.74) is 11.3. The summed E-state index contributed by atoms with van der Waals surface area (Å²) in [5, 5.41) is 0. The van der Waals surface area contributed by atoms with Gasteiger partial charge in [-0.1, -0.05) is 12.1 Å². The Morgan fingerprint density at radius 1 is 1.16 bits per heavy atom. The Hall–Kier alpha value is -2.29. The van der Waals surface area contributed by atoms with E-state index < -0.39 is 0 Å². The van der Waals surface area contributed by atoms with Crippen molar-refractivity contribution in [3.05, 3.63) is 54.4 Å². The minimum atomic E-state index is 0.762. The third kappa shape index (κ3) is 1.78. The molecule has 2 heterocycles. The van der Waals surface area contributed by atoms with Crippen LogP contribution in [0, 0.1) is 0 Å². The number of nitrogens with two attached hydrogens (primary N) is 1. The van der Waals surface area contributed by atoms with Gasteiger partial charge in [-0.3, -0.25) is 4.40 Å². The number of benzene rings is 1. The van der Waals surface area contributed by atoms with E-state index in [1.807, 2.05) is 24.4 Å². The van der Waals surface area contributed by atoms with Gasteiger partial charge in [-0.25, -0.2) is 4.98 Å². The average Bonchev–Trinajstić information content (AvgIpc) is 3.18. The van der Waals surface area contributed by atoms with E-state index in [0.717, 1.165) is 28.5 Å². The number of hydrogen-bond donors (Lipinski definition) is 1. The van der Waals surface area contributed by atoms with Gasteiger partial charge in [0.05, 0.1) is 11.9 Å². The van der Waals surface area contributed by atoms with Crippen LogP contribution >= 0.6 is 0 Å². The summed E-state index contributed by atoms with van der Waals surface area (Å²) in [4.78, 5) is 4.52. The van der Waals surface area contributed by atoms with Crippen LogP contribution in [0.3, 0.4) is 0 Å². The Bertz CT molecular complexity index is 754. The van der Waals surface area contributed by atoms with Gasteiger partial charge in [0.2, 0.25) is 0 Å². The van der Waals surface area contributed by atoms with Crippen LogP contribution in [-0.4, -0.2) is 9.38 Å². The lowest BCUT2D eigenvalue weighted by molar-refractivity contribution is 1.09. The zero-order chi connectivity index (χ0) is 12.8. The van der Waals surface area contributed by atoms with Crippen molar-refractivity contribution in [1.29, 1.82) is 0 Å². The van der Waals surface area contributed by atoms with Crippen molar-refractivity contribution in [2.45, 2.75) is 18.8 Å². The van der Waals surface area contributed by atoms with Gasteiger partial charge in [0.1, 0.15) is 5.65 Å². The molecule has 2 aromatic heterocycles. The number of hydrogen-bond acceptors (Lipinski definition) is 2. The summed E-state index contributed by atoms with van der Waals surface area (Å²) in [6, 6.07) is 12.3. The van der Waals surface area contributed by atoms with Crippen LogP contribution in [0.25, 0.3) is 16.9 Å². The Labute approximate surface area is 111 Å². The van der Waals surface area contributed by atoms with E-state index in [0.29, 0.717) is 0 Å². The molecule has 0 aliphatic heterocycles. The van der Waals surface area contributed by atoms with Gasteiger partial charge in [0.15, 0.2) is 0 Å². The van der Waals surface area contributed by atoms with Crippen LogP contribution in [0.2, 0.25) is 0 Å². The molecule has 0 amide bonds. The molecule has 0 unspecified atom stereocenters. The molecule has 0 saturated heterocycles. The van der Waals surface area contributed by atoms with E-state index in [4.69, 9.17) is 5.73 Å². The van der Waals surface area contributed by atoms with Crippen molar-refractivity contribution in [3.8, 4) is 11.3 Å². The second kappa shape index (κ2) is 3.85. The van der Waals surface area contributed by atoms with Gasteiger partial charge in [0, 0.05) is 17.4 Å². The molecule has 2 N–H and O–H groups in total. The van der Waals surface area contributed by atoms with Crippen LogP contribution in [0.4, 0.5) is 5.69 Å². The van der Waals surface area contributed by atoms with E-state index in [1.165, 1.54) is 18.4 Å². The molecule has 1 fully saturated rings. The first-order valence-corrected chi connectivity index (χ1v) is 6.64. The molecule has 0 radical (unpaired) electrons. The zero-order valence-corrected chi connectivity index (χ0v) is 10.6. The van der Waals surface area contributed by atoms with Gasteiger partial charge in [-0.2, -0.15) is 0 Å². The van der Waals surface area contributed by atoms with Crippen molar-refractivity contribution < 1.29 is 0 Å². The first kappa shape index (κ1) is 10.6. The highest BCUT2D eigenvalue weighted by Gasteiger charge is 2.23. The normalized spacial score (nSPS) is 14.9. The highest BCUT2D eigenvalue weighted by atomic mass is 15.0. The Morgan fingerprint density at radius 2 is 2.05 bits per heavy atom. The Morgan fingerprint density at radius 3 is 2.84 bits per heavy atom. The third-order valence-electron chi connectivity index (χ3n) is 3.77. The van der Waals surface area contributed by atoms with E-state index in [1.54, 1.807) is 0 Å². The van der Waals surface area contributed by atoms with Gasteiger partial charge in [-0.15, -0.1) is 0 Å². The highest BCUT2D eigenvalue weighted by molar-refractivity contribution is 5.67. The fourth-order valence-corrected chi connectivity index (χ4v) is 2.58. The van der Waals surface area contributed by atoms with Crippen LogP contribution in [0.15, 0.2) is 48.8 Å². The molecule has 1 aromatic carbocycles. The minimum Gasteiger partial charge on any atom is -0.399 e. The van der Waals surface area contributed by atoms with E-state index in [2.05, 4.69) is 33.8 Å². The molecule has 19 heavy (non-hydrogen) atoms. The molecule has 3 aromatic rings. The van der Waals surface area contributed by atoms with E-state index >= 15 is 0 Å². The molecule has 4 rings (SSSR count). The summed E-state index contributed by atoms with van der Waals surface area (Å²) in [6.45, 7) is 0. The molecule has 1 saturated carbocycles. The maximum absolute atomic E-state index is 5.85. The van der Waals surface area contributed by atoms with Gasteiger partial charge in [0.25, 0.3) is 0 Å². The van der Waals surface area contributed by atoms with E-state index in [-0.39, 0.29) is 0 Å². The molecule has 0 spiro atoms. The fourth-order valence-electron chi connectivity index (χ4n) is 2.58. The monoisotopic (exact) mass is 249 g/mol. The summed E-state index contributed by atoms with van der Waals surface area (Å²) in [5.74, 6) is 0.762. The Kier molecular flexibility index (Phi) is 2.15. The van der Waals surface area contributed by atoms with Gasteiger partial charge in [-0.05, 0) is 48.6 Å². The fraction of sp³-hybridized carbons (Fsp3) is 0.188. The Balaban J connectivity index is 1.86. The lowest BCUT2D eigenvalue weighted by atomic mass is 10.1. The van der Waals surface area contributed by atoms with Gasteiger partial charge >= 0.3 is 0 Å². The van der Waals surface area contributed by atoms with Crippen molar-refractivity contribution in [3.63, 3.8) is 0 Å². The van der Waals surface area contributed by atoms with Crippen LogP contribution < -0.4 is 5.73 Å². The first-order valence-electron chi connectivity index (χ1n) is 6.64. The minimum absolute atomic E-state index is 0.762. The topological polar surface area (TPSA) is 43.3 Å². The number of nitrogens with zero attached hydrogens (tertiary/aromatic N) is 2. The predicted molar refractivity (Wildman–Crippen MR) is 77.0 cm³/mol. The number of nitrogen functional groups attached to an aromatic ring is 1. The van der Waals surface area contributed by atoms with Crippen LogP contribution in [0.1, 0.15) is 24.3 Å². The van der Waals surface area contributed by atoms with Gasteiger partial charge < -0.3 is 5.73 Å². The average molecular weight is 249 g/mol. The molecule has 3 heteroatoms. The second-order valence-corrected chi connectivity index (χ2v) is 5.23. The summed E-state index contributed by atoms with van der Waals surface area (Å²) in [6.07, 6.45) is 6.67. The van der Waals surface area contributed by atoms with Crippen molar-refractivity contribution in [2.24, 2.45) is 0 Å². The molecular formula is C16H15N3. The molecular weight excluding hydrogens is 234 g/mol. The SMILES string of the molecule is Nc1cccc(-c2cnc3cc(C4CC4)ccn23)c1. The van der Waals surface area contributed by atoms with Crippen molar-refractivity contribution in [2.75, 3.05) is 5.73 Å². The second-order valence-electron chi connectivity index (χ2n) is 5.23. The van der Waals surface area contributed by atoms with Crippen molar-refractivity contribution in [1.82, 2.24) is 9.38 Å². The smallest absolute Gasteiger partial charge is 0.137 e.